The predicted molar refractivity (Wildman–Crippen MR) is 224 cm³/mol. The normalized spacial score (nSPS) is 12.1. The van der Waals surface area contributed by atoms with Crippen molar-refractivity contribution in [1.82, 2.24) is 19.1 Å². The van der Waals surface area contributed by atoms with Crippen molar-refractivity contribution in [3.63, 3.8) is 0 Å². The lowest BCUT2D eigenvalue weighted by Gasteiger charge is -2.15. The minimum absolute atomic E-state index is 0.713. The van der Waals surface area contributed by atoms with Crippen LogP contribution in [0.4, 0.5) is 0 Å². The van der Waals surface area contributed by atoms with E-state index in [1.807, 2.05) is 0 Å². The zero-order chi connectivity index (χ0) is 35.3. The first-order valence-electron chi connectivity index (χ1n) is 18.4. The van der Waals surface area contributed by atoms with Crippen molar-refractivity contribution in [2.45, 2.75) is 0 Å². The van der Waals surface area contributed by atoms with Gasteiger partial charge in [-0.25, -0.2) is 9.97 Å². The van der Waals surface area contributed by atoms with Gasteiger partial charge in [-0.2, -0.15) is 0 Å². The van der Waals surface area contributed by atoms with Gasteiger partial charge in [-0.15, -0.1) is 0 Å². The van der Waals surface area contributed by atoms with E-state index in [1.54, 1.807) is 0 Å². The zero-order valence-corrected chi connectivity index (χ0v) is 29.1. The van der Waals surface area contributed by atoms with Gasteiger partial charge in [-0.1, -0.05) is 121 Å². The van der Waals surface area contributed by atoms with Crippen LogP contribution in [0.1, 0.15) is 0 Å². The molecule has 0 spiro atoms. The summed E-state index contributed by atoms with van der Waals surface area (Å²) in [4.78, 5) is 10.8. The van der Waals surface area contributed by atoms with Crippen molar-refractivity contribution in [3.05, 3.63) is 182 Å². The molecule has 8 aromatic carbocycles. The van der Waals surface area contributed by atoms with E-state index in [2.05, 4.69) is 191 Å². The number of para-hydroxylation sites is 4. The second-order valence-corrected chi connectivity index (χ2v) is 14.2. The Kier molecular flexibility index (Phi) is 6.02. The molecule has 0 atom stereocenters. The van der Waals surface area contributed by atoms with Crippen LogP contribution < -0.4 is 0 Å². The summed E-state index contributed by atoms with van der Waals surface area (Å²) in [6, 6.07) is 65.3. The Bertz CT molecular complexity index is 3220. The number of hydrogen-bond acceptors (Lipinski definition) is 2. The van der Waals surface area contributed by atoms with E-state index in [0.717, 1.165) is 45.0 Å². The standard InChI is InChI=1S/C50H30N4/c1-5-22-42-36(16-1)37-17-2-6-23-43(37)53(42)34-28-26-32(27-29-34)50-51-48(47-40-20-10-12-31-13-11-21-41(46(31)40)49(47)52-50)33-14-9-15-35(30-33)54-44-24-7-3-18-38(44)39-19-4-8-25-45(39)54/h1-30H. The number of fused-ring (bicyclic) bond motifs is 9. The Morgan fingerprint density at radius 2 is 0.852 bits per heavy atom. The smallest absolute Gasteiger partial charge is 0.160 e. The maximum Gasteiger partial charge on any atom is 0.160 e. The molecule has 0 fully saturated rings. The lowest BCUT2D eigenvalue weighted by atomic mass is 9.99. The lowest BCUT2D eigenvalue weighted by molar-refractivity contribution is 1.16. The summed E-state index contributed by atoms with van der Waals surface area (Å²) >= 11 is 0. The van der Waals surface area contributed by atoms with Crippen LogP contribution in [0.15, 0.2) is 182 Å². The minimum atomic E-state index is 0.713. The zero-order valence-electron chi connectivity index (χ0n) is 29.1. The molecule has 11 aromatic rings. The molecule has 0 bridgehead atoms. The molecule has 0 N–H and O–H groups in total. The largest absolute Gasteiger partial charge is 0.309 e. The number of aromatic nitrogens is 4. The Morgan fingerprint density at radius 1 is 0.352 bits per heavy atom. The van der Waals surface area contributed by atoms with E-state index in [0.29, 0.717) is 5.82 Å². The second-order valence-electron chi connectivity index (χ2n) is 14.2. The van der Waals surface area contributed by atoms with Crippen molar-refractivity contribution in [2.24, 2.45) is 0 Å². The van der Waals surface area contributed by atoms with Crippen LogP contribution >= 0.6 is 0 Å². The van der Waals surface area contributed by atoms with Crippen LogP contribution in [0.2, 0.25) is 0 Å². The van der Waals surface area contributed by atoms with E-state index >= 15 is 0 Å². The van der Waals surface area contributed by atoms with E-state index in [-0.39, 0.29) is 0 Å². The molecule has 0 radical (unpaired) electrons. The van der Waals surface area contributed by atoms with Gasteiger partial charge in [0.2, 0.25) is 0 Å². The minimum Gasteiger partial charge on any atom is -0.309 e. The highest BCUT2D eigenvalue weighted by Gasteiger charge is 2.28. The highest BCUT2D eigenvalue weighted by Crippen LogP contribution is 2.50. The van der Waals surface area contributed by atoms with Crippen LogP contribution in [0.25, 0.3) is 111 Å². The number of rotatable bonds is 4. The summed E-state index contributed by atoms with van der Waals surface area (Å²) in [6.45, 7) is 0. The molecule has 1 aliphatic carbocycles. The van der Waals surface area contributed by atoms with E-state index in [9.17, 15) is 0 Å². The number of nitrogens with zero attached hydrogens (tertiary/aromatic N) is 4. The molecule has 4 heteroatoms. The quantitative estimate of drug-likeness (QED) is 0.185. The van der Waals surface area contributed by atoms with E-state index < -0.39 is 0 Å². The lowest BCUT2D eigenvalue weighted by Crippen LogP contribution is -2.00. The van der Waals surface area contributed by atoms with Crippen molar-refractivity contribution >= 4 is 54.4 Å². The summed E-state index contributed by atoms with van der Waals surface area (Å²) in [5.41, 5.74) is 14.3. The van der Waals surface area contributed by atoms with Crippen molar-refractivity contribution < 1.29 is 0 Å². The fraction of sp³-hybridized carbons (Fsp3) is 0. The molecule has 3 aromatic heterocycles. The van der Waals surface area contributed by atoms with Crippen LogP contribution in [0, 0.1) is 0 Å². The van der Waals surface area contributed by atoms with Gasteiger partial charge in [-0.05, 0) is 77.0 Å². The van der Waals surface area contributed by atoms with Gasteiger partial charge in [0.15, 0.2) is 5.82 Å². The molecular weight excluding hydrogens is 657 g/mol. The van der Waals surface area contributed by atoms with Crippen molar-refractivity contribution in [3.8, 4) is 56.4 Å². The maximum absolute atomic E-state index is 5.47. The third-order valence-electron chi connectivity index (χ3n) is 11.3. The predicted octanol–water partition coefficient (Wildman–Crippen LogP) is 12.8. The fourth-order valence-electron chi connectivity index (χ4n) is 8.95. The summed E-state index contributed by atoms with van der Waals surface area (Å²) < 4.78 is 4.72. The average Bonchev–Trinajstić information content (AvgIpc) is 3.88. The summed E-state index contributed by atoms with van der Waals surface area (Å²) in [6.07, 6.45) is 0. The number of hydrogen-bond donors (Lipinski definition) is 0. The Balaban J connectivity index is 1.07. The molecule has 4 nitrogen and oxygen atoms in total. The van der Waals surface area contributed by atoms with Crippen molar-refractivity contribution in [1.29, 1.82) is 0 Å². The van der Waals surface area contributed by atoms with Gasteiger partial charge < -0.3 is 9.13 Å². The van der Waals surface area contributed by atoms with Gasteiger partial charge in [-0.3, -0.25) is 0 Å². The third kappa shape index (κ3) is 4.08. The molecule has 1 aliphatic rings. The van der Waals surface area contributed by atoms with Gasteiger partial charge in [0, 0.05) is 55.2 Å². The monoisotopic (exact) mass is 686 g/mol. The molecule has 54 heavy (non-hydrogen) atoms. The molecular formula is C50H30N4. The maximum atomic E-state index is 5.47. The SMILES string of the molecule is c1cc(-c2nc(-c3ccc(-n4c5ccccc5c5ccccc54)cc3)nc3c2-c2cccc4cccc-3c24)cc(-n2c3ccccc3c3ccccc32)c1. The molecule has 3 heterocycles. The molecule has 0 saturated carbocycles. The van der Waals surface area contributed by atoms with Crippen LogP contribution in [-0.2, 0) is 0 Å². The highest BCUT2D eigenvalue weighted by molar-refractivity contribution is 6.17. The summed E-state index contributed by atoms with van der Waals surface area (Å²) in [5, 5.41) is 7.44. The Hall–Kier alpha value is -7.30. The molecule has 12 rings (SSSR count). The molecule has 0 unspecified atom stereocenters. The molecule has 0 saturated heterocycles. The van der Waals surface area contributed by atoms with E-state index in [4.69, 9.17) is 9.97 Å². The first-order chi connectivity index (χ1) is 26.8. The first kappa shape index (κ1) is 29.3. The Morgan fingerprint density at radius 3 is 1.44 bits per heavy atom. The van der Waals surface area contributed by atoms with Crippen molar-refractivity contribution in [2.75, 3.05) is 0 Å². The van der Waals surface area contributed by atoms with Crippen LogP contribution in [0.5, 0.6) is 0 Å². The van der Waals surface area contributed by atoms with Gasteiger partial charge >= 0.3 is 0 Å². The van der Waals surface area contributed by atoms with E-state index in [1.165, 1.54) is 59.9 Å². The number of benzene rings is 8. The summed E-state index contributed by atoms with van der Waals surface area (Å²) in [5.74, 6) is 0.713. The molecule has 250 valence electrons. The molecule has 0 amide bonds. The van der Waals surface area contributed by atoms with Crippen LogP contribution in [0.3, 0.4) is 0 Å². The van der Waals surface area contributed by atoms with Gasteiger partial charge in [0.25, 0.3) is 0 Å². The topological polar surface area (TPSA) is 35.6 Å². The fourth-order valence-corrected chi connectivity index (χ4v) is 8.95. The Labute approximate surface area is 310 Å². The van der Waals surface area contributed by atoms with Gasteiger partial charge in [0.05, 0.1) is 33.5 Å². The summed E-state index contributed by atoms with van der Waals surface area (Å²) in [7, 11) is 0. The first-order valence-corrected chi connectivity index (χ1v) is 18.4. The highest BCUT2D eigenvalue weighted by atomic mass is 15.0. The van der Waals surface area contributed by atoms with Crippen LogP contribution in [-0.4, -0.2) is 19.1 Å². The second kappa shape index (κ2) is 11.1. The average molecular weight is 687 g/mol. The third-order valence-corrected chi connectivity index (χ3v) is 11.3. The molecule has 0 aliphatic heterocycles. The van der Waals surface area contributed by atoms with Gasteiger partial charge in [0.1, 0.15) is 0 Å².